The Morgan fingerprint density at radius 1 is 1.33 bits per heavy atom. The number of hydrogen-bond acceptors (Lipinski definition) is 4. The van der Waals surface area contributed by atoms with Gasteiger partial charge in [0.15, 0.2) is 5.11 Å². The normalized spacial score (nSPS) is 10.7. The maximum absolute atomic E-state index is 11.4. The van der Waals surface area contributed by atoms with Crippen molar-refractivity contribution >= 4 is 29.2 Å². The number of rotatable bonds is 4. The number of nitrogens with one attached hydrogen (secondary N) is 3. The Kier molecular flexibility index (Phi) is 6.36. The second-order valence-electron chi connectivity index (χ2n) is 5.53. The first-order valence-corrected chi connectivity index (χ1v) is 7.11. The fourth-order valence-corrected chi connectivity index (χ4v) is 1.63. The average Bonchev–Trinajstić information content (AvgIpc) is 2.32. The molecule has 0 bridgehead atoms. The Labute approximate surface area is 130 Å². The minimum absolute atomic E-state index is 0.415. The Bertz CT molecular complexity index is 500. The molecule has 1 aromatic rings. The lowest BCUT2D eigenvalue weighted by Crippen LogP contribution is -2.39. The smallest absolute Gasteiger partial charge is 0.407 e. The molecule has 116 valence electrons. The Balaban J connectivity index is 2.21. The molecule has 6 nitrogen and oxygen atoms in total. The monoisotopic (exact) mass is 310 g/mol. The average molecular weight is 310 g/mol. The van der Waals surface area contributed by atoms with Gasteiger partial charge in [-0.05, 0) is 57.6 Å². The number of thiocarbonyl (C=S) groups is 1. The predicted octanol–water partition coefficient (Wildman–Crippen LogP) is 2.20. The van der Waals surface area contributed by atoms with Crippen molar-refractivity contribution in [3.05, 3.63) is 23.9 Å². The number of carbonyl (C=O) groups excluding carboxylic acids is 1. The maximum atomic E-state index is 11.4. The lowest BCUT2D eigenvalue weighted by Gasteiger charge is -2.19. The first kappa shape index (κ1) is 17.2. The summed E-state index contributed by atoms with van der Waals surface area (Å²) in [7, 11) is 0. The molecule has 0 saturated heterocycles. The highest BCUT2D eigenvalue weighted by molar-refractivity contribution is 7.80. The van der Waals surface area contributed by atoms with Gasteiger partial charge in [-0.2, -0.15) is 0 Å². The number of aryl methyl sites for hydroxylation is 1. The van der Waals surface area contributed by atoms with Crippen molar-refractivity contribution < 1.29 is 9.53 Å². The van der Waals surface area contributed by atoms with Gasteiger partial charge in [0.2, 0.25) is 0 Å². The van der Waals surface area contributed by atoms with Gasteiger partial charge in [0.25, 0.3) is 0 Å². The van der Waals surface area contributed by atoms with Gasteiger partial charge in [0, 0.05) is 19.3 Å². The van der Waals surface area contributed by atoms with Crippen molar-refractivity contribution in [2.45, 2.75) is 33.3 Å². The number of carbonyl (C=O) groups is 1. The van der Waals surface area contributed by atoms with Gasteiger partial charge in [-0.1, -0.05) is 0 Å². The molecule has 0 aliphatic carbocycles. The van der Waals surface area contributed by atoms with Gasteiger partial charge in [-0.15, -0.1) is 0 Å². The van der Waals surface area contributed by atoms with E-state index in [0.29, 0.717) is 24.0 Å². The van der Waals surface area contributed by atoms with Crippen LogP contribution in [0.15, 0.2) is 18.3 Å². The van der Waals surface area contributed by atoms with E-state index in [1.54, 1.807) is 6.20 Å². The molecule has 0 radical (unpaired) electrons. The summed E-state index contributed by atoms with van der Waals surface area (Å²) in [5.41, 5.74) is 0.604. The molecule has 0 fully saturated rings. The van der Waals surface area contributed by atoms with E-state index in [4.69, 9.17) is 17.0 Å². The summed E-state index contributed by atoms with van der Waals surface area (Å²) >= 11 is 5.14. The fraction of sp³-hybridized carbons (Fsp3) is 0.500. The van der Waals surface area contributed by atoms with Gasteiger partial charge in [0.05, 0.1) is 0 Å². The highest BCUT2D eigenvalue weighted by Gasteiger charge is 2.15. The van der Waals surface area contributed by atoms with Crippen LogP contribution in [0.3, 0.4) is 0 Å². The molecule has 1 heterocycles. The number of nitrogens with zero attached hydrogens (tertiary/aromatic N) is 1. The summed E-state index contributed by atoms with van der Waals surface area (Å²) in [5, 5.41) is 9.05. The van der Waals surface area contributed by atoms with Crippen molar-refractivity contribution in [3.63, 3.8) is 0 Å². The van der Waals surface area contributed by atoms with Crippen molar-refractivity contribution in [1.82, 2.24) is 15.6 Å². The van der Waals surface area contributed by atoms with Crippen molar-refractivity contribution in [3.8, 4) is 0 Å². The predicted molar refractivity (Wildman–Crippen MR) is 87.4 cm³/mol. The van der Waals surface area contributed by atoms with Crippen molar-refractivity contribution in [2.75, 3.05) is 18.4 Å². The lowest BCUT2D eigenvalue weighted by molar-refractivity contribution is 0.0529. The minimum atomic E-state index is -0.495. The SMILES string of the molecule is Cc1ccnc(NC(=S)NCCNC(=O)OC(C)(C)C)c1. The van der Waals surface area contributed by atoms with Crippen molar-refractivity contribution in [2.24, 2.45) is 0 Å². The molecule has 1 amide bonds. The summed E-state index contributed by atoms with van der Waals surface area (Å²) in [5.74, 6) is 0.688. The molecule has 1 rings (SSSR count). The molecule has 0 atom stereocenters. The molecule has 0 spiro atoms. The standard InChI is InChI=1S/C14H22N4O2S/c1-10-5-6-15-11(9-10)18-12(21)16-7-8-17-13(19)20-14(2,3)4/h5-6,9H,7-8H2,1-4H3,(H,17,19)(H2,15,16,18,21). The topological polar surface area (TPSA) is 75.3 Å². The van der Waals surface area contributed by atoms with E-state index in [9.17, 15) is 4.79 Å². The molecule has 21 heavy (non-hydrogen) atoms. The number of amides is 1. The van der Waals surface area contributed by atoms with Gasteiger partial charge in [-0.3, -0.25) is 0 Å². The van der Waals surface area contributed by atoms with Crippen LogP contribution in [0, 0.1) is 6.92 Å². The van der Waals surface area contributed by atoms with Gasteiger partial charge in [-0.25, -0.2) is 9.78 Å². The zero-order chi connectivity index (χ0) is 15.9. The molecular formula is C14H22N4O2S. The van der Waals surface area contributed by atoms with Crippen molar-refractivity contribution in [1.29, 1.82) is 0 Å². The molecule has 0 unspecified atom stereocenters. The zero-order valence-corrected chi connectivity index (χ0v) is 13.6. The van der Waals surface area contributed by atoms with Crippen LogP contribution in [0.2, 0.25) is 0 Å². The number of alkyl carbamates (subject to hydrolysis) is 1. The van der Waals surface area contributed by atoms with Crippen LogP contribution in [0.5, 0.6) is 0 Å². The molecule has 0 aliphatic heterocycles. The van der Waals surface area contributed by atoms with E-state index in [1.807, 2.05) is 39.8 Å². The number of hydrogen-bond donors (Lipinski definition) is 3. The molecular weight excluding hydrogens is 288 g/mol. The van der Waals surface area contributed by atoms with E-state index in [0.717, 1.165) is 5.56 Å². The highest BCUT2D eigenvalue weighted by atomic mass is 32.1. The highest BCUT2D eigenvalue weighted by Crippen LogP contribution is 2.06. The van der Waals surface area contributed by atoms with E-state index >= 15 is 0 Å². The largest absolute Gasteiger partial charge is 0.444 e. The van der Waals surface area contributed by atoms with Crippen LogP contribution in [0.4, 0.5) is 10.6 Å². The third-order valence-corrected chi connectivity index (χ3v) is 2.48. The Morgan fingerprint density at radius 3 is 2.62 bits per heavy atom. The summed E-state index contributed by atoms with van der Waals surface area (Å²) in [4.78, 5) is 15.6. The lowest BCUT2D eigenvalue weighted by atomic mass is 10.2. The molecule has 7 heteroatoms. The first-order valence-electron chi connectivity index (χ1n) is 6.70. The summed E-state index contributed by atoms with van der Waals surface area (Å²) in [6, 6.07) is 3.80. The maximum Gasteiger partial charge on any atom is 0.407 e. The quantitative estimate of drug-likeness (QED) is 0.585. The van der Waals surface area contributed by atoms with Crippen LogP contribution < -0.4 is 16.0 Å². The summed E-state index contributed by atoms with van der Waals surface area (Å²) < 4.78 is 5.12. The molecule has 0 saturated carbocycles. The van der Waals surface area contributed by atoms with E-state index in [-0.39, 0.29) is 0 Å². The third-order valence-electron chi connectivity index (χ3n) is 2.24. The van der Waals surface area contributed by atoms with Crippen LogP contribution in [0.1, 0.15) is 26.3 Å². The van der Waals surface area contributed by atoms with E-state index in [2.05, 4.69) is 20.9 Å². The zero-order valence-electron chi connectivity index (χ0n) is 12.8. The molecule has 1 aromatic heterocycles. The van der Waals surface area contributed by atoms with Crippen LogP contribution >= 0.6 is 12.2 Å². The van der Waals surface area contributed by atoms with Gasteiger partial charge < -0.3 is 20.7 Å². The van der Waals surface area contributed by atoms with Crippen LogP contribution in [-0.2, 0) is 4.74 Å². The van der Waals surface area contributed by atoms with Gasteiger partial charge >= 0.3 is 6.09 Å². The summed E-state index contributed by atoms with van der Waals surface area (Å²) in [6.07, 6.45) is 1.27. The summed E-state index contributed by atoms with van der Waals surface area (Å²) in [6.45, 7) is 8.35. The Morgan fingerprint density at radius 2 is 2.00 bits per heavy atom. The second kappa shape index (κ2) is 7.78. The molecule has 0 aromatic carbocycles. The number of ether oxygens (including phenoxy) is 1. The minimum Gasteiger partial charge on any atom is -0.444 e. The first-order chi connectivity index (χ1) is 9.76. The Hall–Kier alpha value is -1.89. The fourth-order valence-electron chi connectivity index (χ4n) is 1.42. The number of pyridine rings is 1. The van der Waals surface area contributed by atoms with E-state index < -0.39 is 11.7 Å². The van der Waals surface area contributed by atoms with Crippen LogP contribution in [0.25, 0.3) is 0 Å². The van der Waals surface area contributed by atoms with Gasteiger partial charge in [0.1, 0.15) is 11.4 Å². The second-order valence-corrected chi connectivity index (χ2v) is 5.94. The molecule has 0 aliphatic rings. The van der Waals surface area contributed by atoms with Crippen LogP contribution in [-0.4, -0.2) is 34.9 Å². The van der Waals surface area contributed by atoms with E-state index in [1.165, 1.54) is 0 Å². The molecule has 3 N–H and O–H groups in total. The number of anilines is 1. The third kappa shape index (κ3) is 8.09. The number of aromatic nitrogens is 1.